The van der Waals surface area contributed by atoms with Gasteiger partial charge in [0.25, 0.3) is 0 Å². The molecule has 0 N–H and O–H groups in total. The molecule has 3 heteroatoms. The Bertz CT molecular complexity index is 343. The van der Waals surface area contributed by atoms with Gasteiger partial charge in [0, 0.05) is 13.1 Å². The molecule has 1 aliphatic heterocycles. The van der Waals surface area contributed by atoms with Gasteiger partial charge in [-0.1, -0.05) is 12.1 Å². The molecule has 3 nitrogen and oxygen atoms in total. The topological polar surface area (TPSA) is 24.8 Å². The minimum atomic E-state index is 0.875. The van der Waals surface area contributed by atoms with E-state index < -0.39 is 0 Å². The SMILES string of the molecule is COc1cccc(C=NN2CCCC2)c1. The number of hydrogen-bond donors (Lipinski definition) is 0. The highest BCUT2D eigenvalue weighted by Crippen LogP contribution is 2.12. The highest BCUT2D eigenvalue weighted by atomic mass is 16.5. The molecule has 1 heterocycles. The second kappa shape index (κ2) is 4.82. The Kier molecular flexibility index (Phi) is 3.22. The van der Waals surface area contributed by atoms with Crippen LogP contribution in [0.5, 0.6) is 5.75 Å². The van der Waals surface area contributed by atoms with Crippen molar-refractivity contribution in [2.45, 2.75) is 12.8 Å². The molecule has 15 heavy (non-hydrogen) atoms. The molecule has 0 aliphatic carbocycles. The zero-order valence-electron chi connectivity index (χ0n) is 9.02. The van der Waals surface area contributed by atoms with E-state index in [2.05, 4.69) is 10.1 Å². The first kappa shape index (κ1) is 10.0. The first-order chi connectivity index (χ1) is 7.38. The van der Waals surface area contributed by atoms with Gasteiger partial charge in [-0.05, 0) is 30.5 Å². The van der Waals surface area contributed by atoms with Crippen LogP contribution in [0, 0.1) is 0 Å². The molecule has 1 aromatic carbocycles. The zero-order chi connectivity index (χ0) is 10.5. The third-order valence-corrected chi connectivity index (χ3v) is 2.55. The summed E-state index contributed by atoms with van der Waals surface area (Å²) in [5.41, 5.74) is 1.08. The van der Waals surface area contributed by atoms with Crippen LogP contribution >= 0.6 is 0 Å². The summed E-state index contributed by atoms with van der Waals surface area (Å²) in [6, 6.07) is 7.93. The number of ether oxygens (including phenoxy) is 1. The van der Waals surface area contributed by atoms with Crippen LogP contribution in [0.3, 0.4) is 0 Å². The molecule has 0 radical (unpaired) electrons. The van der Waals surface area contributed by atoms with Crippen molar-refractivity contribution in [2.75, 3.05) is 20.2 Å². The molecular formula is C12H16N2O. The lowest BCUT2D eigenvalue weighted by Gasteiger charge is -2.08. The Morgan fingerprint density at radius 1 is 1.33 bits per heavy atom. The van der Waals surface area contributed by atoms with Gasteiger partial charge >= 0.3 is 0 Å². The number of rotatable bonds is 3. The average molecular weight is 204 g/mol. The highest BCUT2D eigenvalue weighted by Gasteiger charge is 2.07. The van der Waals surface area contributed by atoms with Crippen molar-refractivity contribution >= 4 is 6.21 Å². The van der Waals surface area contributed by atoms with Crippen LogP contribution in [0.2, 0.25) is 0 Å². The van der Waals surface area contributed by atoms with Gasteiger partial charge in [-0.3, -0.25) is 5.01 Å². The van der Waals surface area contributed by atoms with E-state index in [4.69, 9.17) is 4.74 Å². The van der Waals surface area contributed by atoms with E-state index in [-0.39, 0.29) is 0 Å². The summed E-state index contributed by atoms with van der Waals surface area (Å²) in [5, 5.41) is 6.53. The molecule has 0 atom stereocenters. The number of methoxy groups -OCH3 is 1. The average Bonchev–Trinajstić information content (AvgIpc) is 2.79. The second-order valence-corrected chi connectivity index (χ2v) is 3.68. The Balaban J connectivity index is 2.02. The second-order valence-electron chi connectivity index (χ2n) is 3.68. The van der Waals surface area contributed by atoms with Gasteiger partial charge in [-0.15, -0.1) is 0 Å². The van der Waals surface area contributed by atoms with Gasteiger partial charge in [0.1, 0.15) is 5.75 Å². The Labute approximate surface area is 90.4 Å². The third-order valence-electron chi connectivity index (χ3n) is 2.55. The lowest BCUT2D eigenvalue weighted by molar-refractivity contribution is 0.362. The summed E-state index contributed by atoms with van der Waals surface area (Å²) < 4.78 is 5.15. The minimum absolute atomic E-state index is 0.875. The Morgan fingerprint density at radius 2 is 2.13 bits per heavy atom. The van der Waals surface area contributed by atoms with E-state index in [1.807, 2.05) is 30.5 Å². The molecule has 0 spiro atoms. The normalized spacial score (nSPS) is 16.2. The number of benzene rings is 1. The van der Waals surface area contributed by atoms with Gasteiger partial charge < -0.3 is 4.74 Å². The van der Waals surface area contributed by atoms with Gasteiger partial charge in [0.05, 0.1) is 13.3 Å². The number of nitrogens with zero attached hydrogens (tertiary/aromatic N) is 2. The molecule has 1 fully saturated rings. The van der Waals surface area contributed by atoms with Crippen LogP contribution in [-0.4, -0.2) is 31.4 Å². The summed E-state index contributed by atoms with van der Waals surface area (Å²) in [4.78, 5) is 0. The summed E-state index contributed by atoms with van der Waals surface area (Å²) in [6.45, 7) is 2.17. The molecule has 1 saturated heterocycles. The summed E-state index contributed by atoms with van der Waals surface area (Å²) in [7, 11) is 1.68. The van der Waals surface area contributed by atoms with Crippen molar-refractivity contribution in [2.24, 2.45) is 5.10 Å². The van der Waals surface area contributed by atoms with Crippen molar-refractivity contribution in [3.8, 4) is 5.75 Å². The van der Waals surface area contributed by atoms with Crippen LogP contribution in [0.4, 0.5) is 0 Å². The first-order valence-electron chi connectivity index (χ1n) is 5.31. The third kappa shape index (κ3) is 2.72. The molecule has 2 rings (SSSR count). The summed E-state index contributed by atoms with van der Waals surface area (Å²) >= 11 is 0. The number of hydrazone groups is 1. The van der Waals surface area contributed by atoms with Crippen molar-refractivity contribution in [3.05, 3.63) is 29.8 Å². The first-order valence-corrected chi connectivity index (χ1v) is 5.31. The smallest absolute Gasteiger partial charge is 0.119 e. The van der Waals surface area contributed by atoms with Crippen molar-refractivity contribution < 1.29 is 4.74 Å². The van der Waals surface area contributed by atoms with Crippen LogP contribution < -0.4 is 4.74 Å². The van der Waals surface area contributed by atoms with E-state index in [1.54, 1.807) is 7.11 Å². The molecular weight excluding hydrogens is 188 g/mol. The van der Waals surface area contributed by atoms with Crippen molar-refractivity contribution in [1.82, 2.24) is 5.01 Å². The molecule has 80 valence electrons. The van der Waals surface area contributed by atoms with Gasteiger partial charge in [0.15, 0.2) is 0 Å². The molecule has 1 aromatic rings. The Hall–Kier alpha value is -1.51. The fourth-order valence-electron chi connectivity index (χ4n) is 1.69. The lowest BCUT2D eigenvalue weighted by Crippen LogP contribution is -2.11. The summed E-state index contributed by atoms with van der Waals surface area (Å²) in [5.74, 6) is 0.875. The Morgan fingerprint density at radius 3 is 2.87 bits per heavy atom. The lowest BCUT2D eigenvalue weighted by atomic mass is 10.2. The van der Waals surface area contributed by atoms with Crippen molar-refractivity contribution in [1.29, 1.82) is 0 Å². The largest absolute Gasteiger partial charge is 0.497 e. The summed E-state index contributed by atoms with van der Waals surface area (Å²) in [6.07, 6.45) is 4.42. The van der Waals surface area contributed by atoms with Crippen LogP contribution in [0.25, 0.3) is 0 Å². The van der Waals surface area contributed by atoms with Gasteiger partial charge in [-0.2, -0.15) is 5.10 Å². The molecule has 0 aromatic heterocycles. The van der Waals surface area contributed by atoms with Crippen molar-refractivity contribution in [3.63, 3.8) is 0 Å². The van der Waals surface area contributed by atoms with E-state index in [0.717, 1.165) is 24.4 Å². The zero-order valence-corrected chi connectivity index (χ0v) is 9.02. The predicted molar refractivity (Wildman–Crippen MR) is 61.4 cm³/mol. The minimum Gasteiger partial charge on any atom is -0.497 e. The molecule has 1 aliphatic rings. The fraction of sp³-hybridized carbons (Fsp3) is 0.417. The molecule has 0 unspecified atom stereocenters. The molecule has 0 bridgehead atoms. The monoisotopic (exact) mass is 204 g/mol. The van der Waals surface area contributed by atoms with E-state index in [9.17, 15) is 0 Å². The maximum atomic E-state index is 5.15. The van der Waals surface area contributed by atoms with E-state index in [1.165, 1.54) is 12.8 Å². The fourth-order valence-corrected chi connectivity index (χ4v) is 1.69. The van der Waals surface area contributed by atoms with E-state index >= 15 is 0 Å². The quantitative estimate of drug-likeness (QED) is 0.704. The maximum Gasteiger partial charge on any atom is 0.119 e. The predicted octanol–water partition coefficient (Wildman–Crippen LogP) is 2.12. The van der Waals surface area contributed by atoms with Gasteiger partial charge in [0.2, 0.25) is 0 Å². The maximum absolute atomic E-state index is 5.15. The standard InChI is InChI=1S/C12H16N2O/c1-15-12-6-4-5-11(9-12)10-13-14-7-2-3-8-14/h4-6,9-10H,2-3,7-8H2,1H3. The van der Waals surface area contributed by atoms with E-state index in [0.29, 0.717) is 0 Å². The van der Waals surface area contributed by atoms with Crippen LogP contribution in [-0.2, 0) is 0 Å². The highest BCUT2D eigenvalue weighted by molar-refractivity contribution is 5.79. The van der Waals surface area contributed by atoms with Crippen LogP contribution in [0.1, 0.15) is 18.4 Å². The molecule has 0 amide bonds. The molecule has 0 saturated carbocycles. The van der Waals surface area contributed by atoms with Gasteiger partial charge in [-0.25, -0.2) is 0 Å². The van der Waals surface area contributed by atoms with Crippen LogP contribution in [0.15, 0.2) is 29.4 Å². The number of hydrogen-bond acceptors (Lipinski definition) is 3.